The van der Waals surface area contributed by atoms with Gasteiger partial charge in [0, 0.05) is 6.54 Å². The molecule has 2 aromatic heterocycles. The first kappa shape index (κ1) is 18.2. The van der Waals surface area contributed by atoms with Gasteiger partial charge in [-0.15, -0.1) is 0 Å². The number of hydrogen-bond donors (Lipinski definition) is 1. The largest absolute Gasteiger partial charge is 0.276 e. The Labute approximate surface area is 153 Å². The molecule has 0 fully saturated rings. The minimum Gasteiger partial charge on any atom is -0.276 e. The molecule has 0 saturated carbocycles. The molecule has 7 nitrogen and oxygen atoms in total. The van der Waals surface area contributed by atoms with Crippen LogP contribution < -0.4 is 4.72 Å². The minimum absolute atomic E-state index is 0.189. The Hall–Kier alpha value is -2.61. The molecule has 0 aliphatic rings. The minimum atomic E-state index is -3.72. The average molecular weight is 373 g/mol. The molecular formula is C18H23N5O2S. The summed E-state index contributed by atoms with van der Waals surface area (Å²) in [6.45, 7) is 8.55. The van der Waals surface area contributed by atoms with Crippen molar-refractivity contribution in [3.05, 3.63) is 59.2 Å². The van der Waals surface area contributed by atoms with Crippen LogP contribution in [0.3, 0.4) is 0 Å². The van der Waals surface area contributed by atoms with Crippen LogP contribution in [0, 0.1) is 20.8 Å². The van der Waals surface area contributed by atoms with Crippen LogP contribution in [-0.4, -0.2) is 28.0 Å². The Kier molecular flexibility index (Phi) is 4.86. The predicted octanol–water partition coefficient (Wildman–Crippen LogP) is 2.87. The lowest BCUT2D eigenvalue weighted by atomic mass is 10.2. The quantitative estimate of drug-likeness (QED) is 0.720. The molecule has 1 aromatic carbocycles. The number of nitrogens with one attached hydrogen (secondary N) is 1. The van der Waals surface area contributed by atoms with Crippen molar-refractivity contribution in [3.8, 4) is 0 Å². The van der Waals surface area contributed by atoms with Crippen molar-refractivity contribution in [1.29, 1.82) is 0 Å². The second kappa shape index (κ2) is 6.95. The standard InChI is InChI=1S/C18H23N5O2S/c1-5-22-14(3)17(11-19-22)26(24,25)21-18-13(2)20-23(15(18)4)12-16-9-7-6-8-10-16/h6-11,21H,5,12H2,1-4H3. The van der Waals surface area contributed by atoms with Gasteiger partial charge >= 0.3 is 0 Å². The van der Waals surface area contributed by atoms with Gasteiger partial charge in [0.25, 0.3) is 10.0 Å². The third kappa shape index (κ3) is 3.37. The summed E-state index contributed by atoms with van der Waals surface area (Å²) in [4.78, 5) is 0.189. The highest BCUT2D eigenvalue weighted by molar-refractivity contribution is 7.92. The SMILES string of the molecule is CCn1ncc(S(=O)(=O)Nc2c(C)nn(Cc3ccccc3)c2C)c1C. The summed E-state index contributed by atoms with van der Waals surface area (Å²) >= 11 is 0. The van der Waals surface area contributed by atoms with E-state index in [1.54, 1.807) is 18.5 Å². The zero-order chi connectivity index (χ0) is 18.9. The molecule has 0 spiro atoms. The van der Waals surface area contributed by atoms with E-state index < -0.39 is 10.0 Å². The average Bonchev–Trinajstić information content (AvgIpc) is 3.11. The van der Waals surface area contributed by atoms with Crippen LogP contribution in [0.1, 0.15) is 29.6 Å². The van der Waals surface area contributed by atoms with Crippen molar-refractivity contribution in [1.82, 2.24) is 19.6 Å². The van der Waals surface area contributed by atoms with Gasteiger partial charge in [0.1, 0.15) is 4.90 Å². The summed E-state index contributed by atoms with van der Waals surface area (Å²) in [7, 11) is -3.72. The van der Waals surface area contributed by atoms with E-state index >= 15 is 0 Å². The maximum absolute atomic E-state index is 12.8. The molecule has 0 saturated heterocycles. The Morgan fingerprint density at radius 2 is 1.73 bits per heavy atom. The number of benzene rings is 1. The van der Waals surface area contributed by atoms with Crippen molar-refractivity contribution < 1.29 is 8.42 Å². The molecule has 0 radical (unpaired) electrons. The van der Waals surface area contributed by atoms with Crippen LogP contribution in [0.2, 0.25) is 0 Å². The van der Waals surface area contributed by atoms with E-state index in [4.69, 9.17) is 0 Å². The molecule has 0 unspecified atom stereocenters. The van der Waals surface area contributed by atoms with Crippen LogP contribution in [0.4, 0.5) is 5.69 Å². The summed E-state index contributed by atoms with van der Waals surface area (Å²) in [6, 6.07) is 9.94. The molecule has 0 bridgehead atoms. The van der Waals surface area contributed by atoms with E-state index in [-0.39, 0.29) is 4.90 Å². The van der Waals surface area contributed by atoms with Gasteiger partial charge in [-0.25, -0.2) is 8.42 Å². The Bertz CT molecular complexity index is 1020. The summed E-state index contributed by atoms with van der Waals surface area (Å²) in [5.41, 5.74) is 3.65. The zero-order valence-electron chi connectivity index (χ0n) is 15.4. The predicted molar refractivity (Wildman–Crippen MR) is 101 cm³/mol. The highest BCUT2D eigenvalue weighted by Crippen LogP contribution is 2.25. The molecular weight excluding hydrogens is 350 g/mol. The molecule has 3 rings (SSSR count). The van der Waals surface area contributed by atoms with Crippen molar-refractivity contribution in [2.75, 3.05) is 4.72 Å². The smallest absolute Gasteiger partial charge is 0.265 e. The first-order valence-corrected chi connectivity index (χ1v) is 9.95. The first-order chi connectivity index (χ1) is 12.3. The van der Waals surface area contributed by atoms with Crippen molar-refractivity contribution >= 4 is 15.7 Å². The Morgan fingerprint density at radius 1 is 1.04 bits per heavy atom. The number of aromatic nitrogens is 4. The van der Waals surface area contributed by atoms with Crippen molar-refractivity contribution in [2.45, 2.75) is 45.7 Å². The molecule has 8 heteroatoms. The molecule has 0 atom stereocenters. The lowest BCUT2D eigenvalue weighted by Crippen LogP contribution is -2.15. The van der Waals surface area contributed by atoms with E-state index in [1.807, 2.05) is 48.9 Å². The molecule has 0 aliphatic heterocycles. The molecule has 2 heterocycles. The summed E-state index contributed by atoms with van der Waals surface area (Å²) in [5, 5.41) is 8.62. The summed E-state index contributed by atoms with van der Waals surface area (Å²) in [5.74, 6) is 0. The van der Waals surface area contributed by atoms with Gasteiger partial charge in [-0.2, -0.15) is 10.2 Å². The van der Waals surface area contributed by atoms with Crippen molar-refractivity contribution in [3.63, 3.8) is 0 Å². The van der Waals surface area contributed by atoms with Gasteiger partial charge < -0.3 is 0 Å². The second-order valence-corrected chi connectivity index (χ2v) is 7.86. The van der Waals surface area contributed by atoms with Crippen LogP contribution in [-0.2, 0) is 23.1 Å². The van der Waals surface area contributed by atoms with Gasteiger partial charge in [0.2, 0.25) is 0 Å². The third-order valence-corrected chi connectivity index (χ3v) is 5.89. The third-order valence-electron chi connectivity index (χ3n) is 4.44. The van der Waals surface area contributed by atoms with Crippen LogP contribution >= 0.6 is 0 Å². The molecule has 1 N–H and O–H groups in total. The number of sulfonamides is 1. The first-order valence-electron chi connectivity index (χ1n) is 8.46. The maximum Gasteiger partial charge on any atom is 0.265 e. The number of nitrogens with zero attached hydrogens (tertiary/aromatic N) is 4. The highest BCUT2D eigenvalue weighted by atomic mass is 32.2. The molecule has 0 aliphatic carbocycles. The van der Waals surface area contributed by atoms with E-state index in [2.05, 4.69) is 14.9 Å². The highest BCUT2D eigenvalue weighted by Gasteiger charge is 2.24. The zero-order valence-corrected chi connectivity index (χ0v) is 16.2. The van der Waals surface area contributed by atoms with E-state index in [0.717, 1.165) is 11.3 Å². The molecule has 0 amide bonds. The van der Waals surface area contributed by atoms with Crippen molar-refractivity contribution in [2.24, 2.45) is 0 Å². The number of hydrogen-bond acceptors (Lipinski definition) is 4. The fourth-order valence-electron chi connectivity index (χ4n) is 2.96. The van der Waals surface area contributed by atoms with Gasteiger partial charge in [-0.1, -0.05) is 30.3 Å². The topological polar surface area (TPSA) is 81.8 Å². The van der Waals surface area contributed by atoms with Gasteiger partial charge in [-0.3, -0.25) is 14.1 Å². The molecule has 26 heavy (non-hydrogen) atoms. The normalized spacial score (nSPS) is 11.7. The lowest BCUT2D eigenvalue weighted by Gasteiger charge is -2.09. The fraction of sp³-hybridized carbons (Fsp3) is 0.333. The van der Waals surface area contributed by atoms with Crippen LogP contribution in [0.5, 0.6) is 0 Å². The van der Waals surface area contributed by atoms with Crippen LogP contribution in [0.15, 0.2) is 41.4 Å². The fourth-order valence-corrected chi connectivity index (χ4v) is 4.31. The van der Waals surface area contributed by atoms with Gasteiger partial charge in [0.05, 0.1) is 35.5 Å². The second-order valence-electron chi connectivity index (χ2n) is 6.20. The Balaban J connectivity index is 1.91. The maximum atomic E-state index is 12.8. The number of aryl methyl sites for hydroxylation is 2. The number of rotatable bonds is 6. The number of anilines is 1. The Morgan fingerprint density at radius 3 is 2.35 bits per heavy atom. The molecule has 3 aromatic rings. The lowest BCUT2D eigenvalue weighted by molar-refractivity contribution is 0.598. The van der Waals surface area contributed by atoms with E-state index in [1.165, 1.54) is 6.20 Å². The molecule has 138 valence electrons. The van der Waals surface area contributed by atoms with Crippen LogP contribution in [0.25, 0.3) is 0 Å². The van der Waals surface area contributed by atoms with E-state index in [0.29, 0.717) is 30.2 Å². The van der Waals surface area contributed by atoms with E-state index in [9.17, 15) is 8.42 Å². The van der Waals surface area contributed by atoms with Gasteiger partial charge in [-0.05, 0) is 33.3 Å². The van der Waals surface area contributed by atoms with Gasteiger partial charge in [0.15, 0.2) is 0 Å². The summed E-state index contributed by atoms with van der Waals surface area (Å²) in [6.07, 6.45) is 1.39. The monoisotopic (exact) mass is 373 g/mol. The summed E-state index contributed by atoms with van der Waals surface area (Å²) < 4.78 is 31.8.